The highest BCUT2D eigenvalue weighted by Crippen LogP contribution is 2.19. The molecule has 25 heavy (non-hydrogen) atoms. The van der Waals surface area contributed by atoms with Crippen LogP contribution in [-0.4, -0.2) is 37.1 Å². The van der Waals surface area contributed by atoms with Gasteiger partial charge in [-0.05, 0) is 25.2 Å². The van der Waals surface area contributed by atoms with E-state index in [-0.39, 0.29) is 23.3 Å². The Morgan fingerprint density at radius 2 is 2.20 bits per heavy atom. The van der Waals surface area contributed by atoms with E-state index in [0.717, 1.165) is 26.8 Å². The number of para-hydroxylation sites is 1. The number of aromatic amines is 2. The molecular formula is C16H15N5O3S. The largest absolute Gasteiger partial charge is 0.481 e. The summed E-state index contributed by atoms with van der Waals surface area (Å²) in [5, 5.41) is 20.3. The van der Waals surface area contributed by atoms with Crippen molar-refractivity contribution in [3.8, 4) is 0 Å². The molecule has 0 spiro atoms. The highest BCUT2D eigenvalue weighted by atomic mass is 32.1. The molecule has 8 nitrogen and oxygen atoms in total. The van der Waals surface area contributed by atoms with Crippen LogP contribution in [0.2, 0.25) is 0 Å². The van der Waals surface area contributed by atoms with Gasteiger partial charge in [-0.3, -0.25) is 14.7 Å². The molecule has 0 aliphatic heterocycles. The fourth-order valence-corrected chi connectivity index (χ4v) is 2.67. The van der Waals surface area contributed by atoms with Gasteiger partial charge in [-0.15, -0.1) is 0 Å². The van der Waals surface area contributed by atoms with Gasteiger partial charge in [-0.1, -0.05) is 18.2 Å². The van der Waals surface area contributed by atoms with Gasteiger partial charge in [0.25, 0.3) is 5.56 Å². The second-order valence-corrected chi connectivity index (χ2v) is 5.83. The monoisotopic (exact) mass is 357 g/mol. The van der Waals surface area contributed by atoms with Crippen molar-refractivity contribution in [2.75, 3.05) is 0 Å². The van der Waals surface area contributed by atoms with Gasteiger partial charge in [0.2, 0.25) is 4.77 Å². The van der Waals surface area contributed by atoms with Crippen LogP contribution in [0.1, 0.15) is 23.4 Å². The Balaban J connectivity index is 2.02. The molecule has 9 heteroatoms. The molecule has 0 fully saturated rings. The summed E-state index contributed by atoms with van der Waals surface area (Å²) in [7, 11) is 0. The number of aliphatic carboxylic acids is 1. The van der Waals surface area contributed by atoms with Crippen LogP contribution in [0.4, 0.5) is 0 Å². The molecule has 0 saturated carbocycles. The third-order valence-corrected chi connectivity index (χ3v) is 4.00. The number of nitrogens with one attached hydrogen (secondary N) is 2. The molecule has 0 radical (unpaired) electrons. The van der Waals surface area contributed by atoms with Gasteiger partial charge in [0.05, 0.1) is 12.6 Å². The van der Waals surface area contributed by atoms with Crippen molar-refractivity contribution >= 4 is 35.3 Å². The molecule has 2 aromatic heterocycles. The number of nitrogens with zero attached hydrogens (tertiary/aromatic N) is 3. The number of H-pyrrole nitrogens is 2. The second kappa shape index (κ2) is 6.81. The zero-order chi connectivity index (χ0) is 18.0. The van der Waals surface area contributed by atoms with E-state index in [4.69, 9.17) is 17.3 Å². The number of aromatic nitrogens is 4. The van der Waals surface area contributed by atoms with Crippen LogP contribution in [-0.2, 0) is 11.2 Å². The fraction of sp³-hybridized carbons (Fsp3) is 0.188. The number of benzene rings is 1. The minimum atomic E-state index is -1.01. The summed E-state index contributed by atoms with van der Waals surface area (Å²) < 4.78 is 1.05. The maximum absolute atomic E-state index is 12.4. The molecule has 0 atom stereocenters. The summed E-state index contributed by atoms with van der Waals surface area (Å²) in [5.74, 6) is -1.01. The van der Waals surface area contributed by atoms with E-state index >= 15 is 0 Å². The lowest BCUT2D eigenvalue weighted by molar-refractivity contribution is -0.136. The van der Waals surface area contributed by atoms with E-state index in [9.17, 15) is 9.59 Å². The first-order chi connectivity index (χ1) is 12.0. The molecule has 3 rings (SSSR count). The number of hydrogen-bond donors (Lipinski definition) is 3. The van der Waals surface area contributed by atoms with E-state index in [2.05, 4.69) is 20.3 Å². The van der Waals surface area contributed by atoms with E-state index in [1.54, 1.807) is 6.21 Å². The molecule has 0 unspecified atom stereocenters. The zero-order valence-corrected chi connectivity index (χ0v) is 14.1. The Labute approximate surface area is 146 Å². The predicted molar refractivity (Wildman–Crippen MR) is 95.7 cm³/mol. The van der Waals surface area contributed by atoms with E-state index in [1.807, 2.05) is 31.2 Å². The summed E-state index contributed by atoms with van der Waals surface area (Å²) in [6.45, 7) is 1.91. The van der Waals surface area contributed by atoms with Gasteiger partial charge < -0.3 is 10.1 Å². The first-order valence-electron chi connectivity index (χ1n) is 7.51. The average molecular weight is 357 g/mol. The van der Waals surface area contributed by atoms with Gasteiger partial charge in [0.1, 0.15) is 5.69 Å². The summed E-state index contributed by atoms with van der Waals surface area (Å²) in [5.41, 5.74) is 2.27. The summed E-state index contributed by atoms with van der Waals surface area (Å²) >= 11 is 5.07. The van der Waals surface area contributed by atoms with Crippen LogP contribution >= 0.6 is 12.2 Å². The molecule has 2 heterocycles. The summed E-state index contributed by atoms with van der Waals surface area (Å²) in [6.07, 6.45) is 1.36. The number of rotatable bonds is 5. The molecule has 1 aromatic carbocycles. The van der Waals surface area contributed by atoms with Crippen LogP contribution in [0.5, 0.6) is 0 Å². The van der Waals surface area contributed by atoms with E-state index < -0.39 is 11.5 Å². The number of aryl methyl sites for hydroxylation is 2. The highest BCUT2D eigenvalue weighted by Gasteiger charge is 2.10. The minimum absolute atomic E-state index is 0.00190. The van der Waals surface area contributed by atoms with Crippen LogP contribution in [0, 0.1) is 11.7 Å². The fourth-order valence-electron chi connectivity index (χ4n) is 2.50. The molecule has 128 valence electrons. The average Bonchev–Trinajstić information content (AvgIpc) is 2.89. The Kier molecular flexibility index (Phi) is 4.57. The maximum atomic E-state index is 12.4. The minimum Gasteiger partial charge on any atom is -0.481 e. The van der Waals surface area contributed by atoms with Gasteiger partial charge in [0.15, 0.2) is 0 Å². The lowest BCUT2D eigenvalue weighted by atomic mass is 10.1. The summed E-state index contributed by atoms with van der Waals surface area (Å²) in [4.78, 5) is 26.3. The predicted octanol–water partition coefficient (Wildman–Crippen LogP) is 1.99. The number of fused-ring (bicyclic) bond motifs is 1. The first kappa shape index (κ1) is 16.8. The number of hydrogen-bond acceptors (Lipinski definition) is 5. The maximum Gasteiger partial charge on any atom is 0.303 e. The van der Waals surface area contributed by atoms with E-state index in [1.165, 1.54) is 0 Å². The molecule has 0 aliphatic rings. The Morgan fingerprint density at radius 1 is 1.44 bits per heavy atom. The Morgan fingerprint density at radius 3 is 2.96 bits per heavy atom. The molecule has 0 amide bonds. The lowest BCUT2D eigenvalue weighted by Crippen LogP contribution is -2.25. The standard InChI is InChI=1S/C16H15N5O3S/c1-9-11(10-4-2-3-5-12(10)18-9)8-17-21-15(24)13(6-7-14(22)23)19-20-16(21)25/h2-5,8,18H,6-7H2,1H3,(H,20,25)(H,22,23)/b17-8-. The third-order valence-electron chi connectivity index (χ3n) is 3.74. The van der Waals surface area contributed by atoms with Crippen LogP contribution in [0.3, 0.4) is 0 Å². The zero-order valence-electron chi connectivity index (χ0n) is 13.3. The lowest BCUT2D eigenvalue weighted by Gasteiger charge is -2.02. The van der Waals surface area contributed by atoms with Crippen molar-refractivity contribution in [1.82, 2.24) is 19.9 Å². The number of carboxylic acids is 1. The number of carboxylic acid groups (broad SMARTS) is 1. The van der Waals surface area contributed by atoms with Gasteiger partial charge >= 0.3 is 5.97 Å². The Bertz CT molecular complexity index is 1090. The molecule has 3 N–H and O–H groups in total. The smallest absolute Gasteiger partial charge is 0.303 e. The van der Waals surface area contributed by atoms with Crippen molar-refractivity contribution in [1.29, 1.82) is 0 Å². The van der Waals surface area contributed by atoms with Crippen molar-refractivity contribution in [3.05, 3.63) is 56.3 Å². The van der Waals surface area contributed by atoms with Crippen molar-refractivity contribution in [2.45, 2.75) is 19.8 Å². The molecule has 0 aliphatic carbocycles. The normalized spacial score (nSPS) is 11.4. The topological polar surface area (TPSA) is 116 Å². The SMILES string of the molecule is Cc1[nH]c2ccccc2c1/C=N\n1c(=S)[nH]nc(CCC(=O)O)c1=O. The van der Waals surface area contributed by atoms with Crippen molar-refractivity contribution in [2.24, 2.45) is 5.10 Å². The molecule has 3 aromatic rings. The molecular weight excluding hydrogens is 342 g/mol. The quantitative estimate of drug-likeness (QED) is 0.477. The molecule has 0 saturated heterocycles. The van der Waals surface area contributed by atoms with Crippen LogP contribution < -0.4 is 5.56 Å². The highest BCUT2D eigenvalue weighted by molar-refractivity contribution is 7.71. The van der Waals surface area contributed by atoms with Crippen molar-refractivity contribution < 1.29 is 9.90 Å². The third kappa shape index (κ3) is 3.41. The first-order valence-corrected chi connectivity index (χ1v) is 7.92. The Hall–Kier alpha value is -3.07. The van der Waals surface area contributed by atoms with Crippen molar-refractivity contribution in [3.63, 3.8) is 0 Å². The van der Waals surface area contributed by atoms with E-state index in [0.29, 0.717) is 0 Å². The van der Waals surface area contributed by atoms with Crippen LogP contribution in [0.15, 0.2) is 34.2 Å². The van der Waals surface area contributed by atoms with Gasteiger partial charge in [-0.2, -0.15) is 14.9 Å². The van der Waals surface area contributed by atoms with Gasteiger partial charge in [0, 0.05) is 28.6 Å². The number of carbonyl (C=O) groups is 1. The van der Waals surface area contributed by atoms with Crippen LogP contribution in [0.25, 0.3) is 10.9 Å². The second-order valence-electron chi connectivity index (χ2n) is 5.44. The summed E-state index contributed by atoms with van der Waals surface area (Å²) in [6, 6.07) is 7.75. The molecule has 0 bridgehead atoms. The van der Waals surface area contributed by atoms with Gasteiger partial charge in [-0.25, -0.2) is 0 Å².